The molecule has 0 aromatic heterocycles. The van der Waals surface area contributed by atoms with Gasteiger partial charge in [-0.1, -0.05) is 57.2 Å². The van der Waals surface area contributed by atoms with Crippen LogP contribution < -0.4 is 5.32 Å². The first-order valence-electron chi connectivity index (χ1n) is 8.05. The molecule has 1 heterocycles. The van der Waals surface area contributed by atoms with Crippen molar-refractivity contribution in [3.05, 3.63) is 65.0 Å². The summed E-state index contributed by atoms with van der Waals surface area (Å²) in [6.45, 7) is 7.58. The molecule has 2 heteroatoms. The van der Waals surface area contributed by atoms with Crippen molar-refractivity contribution in [1.29, 1.82) is 0 Å². The molecule has 116 valence electrons. The molecular formula is C20H24FN. The number of halogens is 1. The fraction of sp³-hybridized carbons (Fsp3) is 0.400. The Hall–Kier alpha value is -1.83. The quantitative estimate of drug-likeness (QED) is 0.786. The van der Waals surface area contributed by atoms with E-state index in [4.69, 9.17) is 0 Å². The highest BCUT2D eigenvalue weighted by atomic mass is 19.1. The second-order valence-corrected chi connectivity index (χ2v) is 7.34. The van der Waals surface area contributed by atoms with Crippen molar-refractivity contribution < 1.29 is 4.39 Å². The van der Waals surface area contributed by atoms with Crippen molar-refractivity contribution in [1.82, 2.24) is 0 Å². The molecule has 1 N–H and O–H groups in total. The monoisotopic (exact) mass is 297 g/mol. The maximum Gasteiger partial charge on any atom is 0.146 e. The molecule has 1 aliphatic heterocycles. The predicted molar refractivity (Wildman–Crippen MR) is 91.0 cm³/mol. The Morgan fingerprint density at radius 1 is 1.09 bits per heavy atom. The highest BCUT2D eigenvalue weighted by Gasteiger charge is 2.32. The number of rotatable bonds is 2. The summed E-state index contributed by atoms with van der Waals surface area (Å²) in [5.41, 5.74) is 4.28. The fourth-order valence-corrected chi connectivity index (χ4v) is 3.48. The lowest BCUT2D eigenvalue weighted by molar-refractivity contribution is 0.304. The van der Waals surface area contributed by atoms with Crippen molar-refractivity contribution in [2.45, 2.75) is 39.5 Å². The third-order valence-electron chi connectivity index (χ3n) is 4.59. The van der Waals surface area contributed by atoms with Crippen molar-refractivity contribution in [2.75, 3.05) is 11.9 Å². The van der Waals surface area contributed by atoms with Gasteiger partial charge in [0.25, 0.3) is 0 Å². The lowest BCUT2D eigenvalue weighted by atomic mass is 9.72. The zero-order valence-corrected chi connectivity index (χ0v) is 13.6. The number of anilines is 1. The SMILES string of the molecule is CC(C)(C)C1CCNc2c(F)cc(Cc3ccccc3)cc21. The van der Waals surface area contributed by atoms with E-state index in [0.717, 1.165) is 30.5 Å². The van der Waals surface area contributed by atoms with Gasteiger partial charge in [0, 0.05) is 6.54 Å². The highest BCUT2D eigenvalue weighted by molar-refractivity contribution is 5.58. The Labute approximate surface area is 132 Å². The second-order valence-electron chi connectivity index (χ2n) is 7.34. The van der Waals surface area contributed by atoms with Crippen molar-refractivity contribution >= 4 is 5.69 Å². The molecule has 1 atom stereocenters. The van der Waals surface area contributed by atoms with Gasteiger partial charge in [-0.2, -0.15) is 0 Å². The Balaban J connectivity index is 2.00. The smallest absolute Gasteiger partial charge is 0.146 e. The lowest BCUT2D eigenvalue weighted by Gasteiger charge is -2.36. The Kier molecular flexibility index (Phi) is 3.94. The summed E-state index contributed by atoms with van der Waals surface area (Å²) in [5, 5.41) is 3.25. The molecule has 0 aliphatic carbocycles. The van der Waals surface area contributed by atoms with Gasteiger partial charge in [0.1, 0.15) is 5.82 Å². The van der Waals surface area contributed by atoms with Gasteiger partial charge in [-0.05, 0) is 46.9 Å². The topological polar surface area (TPSA) is 12.0 Å². The molecule has 2 aromatic carbocycles. The van der Waals surface area contributed by atoms with Gasteiger partial charge in [0.05, 0.1) is 5.69 Å². The maximum absolute atomic E-state index is 14.5. The molecule has 1 nitrogen and oxygen atoms in total. The molecule has 1 aliphatic rings. The van der Waals surface area contributed by atoms with E-state index < -0.39 is 0 Å². The summed E-state index contributed by atoms with van der Waals surface area (Å²) >= 11 is 0. The van der Waals surface area contributed by atoms with Crippen LogP contribution in [0.3, 0.4) is 0 Å². The maximum atomic E-state index is 14.5. The highest BCUT2D eigenvalue weighted by Crippen LogP contribution is 2.44. The summed E-state index contributed by atoms with van der Waals surface area (Å²) in [5.74, 6) is 0.284. The fourth-order valence-electron chi connectivity index (χ4n) is 3.48. The number of hydrogen-bond acceptors (Lipinski definition) is 1. The third-order valence-corrected chi connectivity index (χ3v) is 4.59. The molecule has 1 unspecified atom stereocenters. The first kappa shape index (κ1) is 15.1. The third kappa shape index (κ3) is 3.01. The normalized spacial score (nSPS) is 17.7. The average Bonchev–Trinajstić information content (AvgIpc) is 2.47. The molecule has 2 aromatic rings. The molecule has 0 amide bonds. The van der Waals surface area contributed by atoms with Crippen LogP contribution in [0, 0.1) is 11.2 Å². The Morgan fingerprint density at radius 2 is 1.82 bits per heavy atom. The van der Waals surface area contributed by atoms with E-state index in [2.05, 4.69) is 44.3 Å². The van der Waals surface area contributed by atoms with Crippen LogP contribution in [0.1, 0.15) is 49.8 Å². The molecule has 0 saturated heterocycles. The zero-order chi connectivity index (χ0) is 15.7. The lowest BCUT2D eigenvalue weighted by Crippen LogP contribution is -2.27. The van der Waals surface area contributed by atoms with Crippen LogP contribution in [-0.2, 0) is 6.42 Å². The molecule has 0 radical (unpaired) electrons. The van der Waals surface area contributed by atoms with Crippen LogP contribution in [0.5, 0.6) is 0 Å². The molecule has 0 spiro atoms. The van der Waals surface area contributed by atoms with Gasteiger partial charge in [0.15, 0.2) is 0 Å². The molecule has 0 bridgehead atoms. The van der Waals surface area contributed by atoms with Gasteiger partial charge in [-0.15, -0.1) is 0 Å². The van der Waals surface area contributed by atoms with Gasteiger partial charge in [-0.25, -0.2) is 4.39 Å². The molecule has 0 saturated carbocycles. The van der Waals surface area contributed by atoms with Crippen LogP contribution in [0.25, 0.3) is 0 Å². The minimum absolute atomic E-state index is 0.114. The van der Waals surface area contributed by atoms with E-state index in [1.807, 2.05) is 18.2 Å². The predicted octanol–water partition coefficient (Wildman–Crippen LogP) is 5.36. The average molecular weight is 297 g/mol. The first-order valence-corrected chi connectivity index (χ1v) is 8.05. The van der Waals surface area contributed by atoms with Crippen LogP contribution in [-0.4, -0.2) is 6.54 Å². The number of fused-ring (bicyclic) bond motifs is 1. The van der Waals surface area contributed by atoms with E-state index in [9.17, 15) is 4.39 Å². The van der Waals surface area contributed by atoms with Crippen LogP contribution in [0.4, 0.5) is 10.1 Å². The summed E-state index contributed by atoms with van der Waals surface area (Å²) in [7, 11) is 0. The van der Waals surface area contributed by atoms with E-state index in [1.54, 1.807) is 6.07 Å². The van der Waals surface area contributed by atoms with Crippen molar-refractivity contribution in [3.8, 4) is 0 Å². The number of hydrogen-bond donors (Lipinski definition) is 1. The number of nitrogens with one attached hydrogen (secondary N) is 1. The van der Waals surface area contributed by atoms with Crippen LogP contribution in [0.2, 0.25) is 0 Å². The largest absolute Gasteiger partial charge is 0.382 e. The van der Waals surface area contributed by atoms with Gasteiger partial charge in [0.2, 0.25) is 0 Å². The van der Waals surface area contributed by atoms with Gasteiger partial charge in [-0.3, -0.25) is 0 Å². The van der Waals surface area contributed by atoms with Crippen LogP contribution in [0.15, 0.2) is 42.5 Å². The summed E-state index contributed by atoms with van der Waals surface area (Å²) < 4.78 is 14.5. The van der Waals surface area contributed by atoms with Gasteiger partial charge < -0.3 is 5.32 Å². The summed E-state index contributed by atoms with van der Waals surface area (Å²) in [6.07, 6.45) is 1.84. The van der Waals surface area contributed by atoms with E-state index >= 15 is 0 Å². The summed E-state index contributed by atoms with van der Waals surface area (Å²) in [6, 6.07) is 14.1. The molecule has 3 rings (SSSR count). The summed E-state index contributed by atoms with van der Waals surface area (Å²) in [4.78, 5) is 0. The minimum Gasteiger partial charge on any atom is -0.382 e. The Morgan fingerprint density at radius 3 is 2.50 bits per heavy atom. The van der Waals surface area contributed by atoms with Crippen molar-refractivity contribution in [2.24, 2.45) is 5.41 Å². The molecule has 0 fully saturated rings. The second kappa shape index (κ2) is 5.75. The van der Waals surface area contributed by atoms with Crippen molar-refractivity contribution in [3.63, 3.8) is 0 Å². The minimum atomic E-state index is -0.114. The first-order chi connectivity index (χ1) is 10.4. The van der Waals surface area contributed by atoms with Gasteiger partial charge >= 0.3 is 0 Å². The Bertz CT molecular complexity index is 655. The molecular weight excluding hydrogens is 273 g/mol. The molecule has 22 heavy (non-hydrogen) atoms. The zero-order valence-electron chi connectivity index (χ0n) is 13.6. The van der Waals surface area contributed by atoms with E-state index in [0.29, 0.717) is 11.6 Å². The van der Waals surface area contributed by atoms with E-state index in [1.165, 1.54) is 5.56 Å². The standard InChI is InChI=1S/C20H24FN/c1-20(2,3)17-9-10-22-19-16(17)12-15(13-18(19)21)11-14-7-5-4-6-8-14/h4-8,12-13,17,22H,9-11H2,1-3H3. The van der Waals surface area contributed by atoms with E-state index in [-0.39, 0.29) is 11.2 Å². The van der Waals surface area contributed by atoms with Crippen LogP contribution >= 0.6 is 0 Å². The number of benzene rings is 2.